The predicted octanol–water partition coefficient (Wildman–Crippen LogP) is 5.30. The number of aryl methyl sites for hydroxylation is 1. The minimum Gasteiger partial charge on any atom is -0.494 e. The van der Waals surface area contributed by atoms with Gasteiger partial charge in [0.25, 0.3) is 0 Å². The molecule has 1 atom stereocenters. The lowest BCUT2D eigenvalue weighted by molar-refractivity contribution is -0.137. The summed E-state index contributed by atoms with van der Waals surface area (Å²) >= 11 is 0. The standard InChI is InChI=1S/C27H27N3O4/c1-30(25-11-12-28-27(29-25)24-16-20-5-2-3-6-23(20)34-24)13-4-14-33-21-9-10-22-18(15-21)7-8-19(22)17-26(31)32/h2-3,5-6,9-12,15-16,19H,4,7-8,13-14,17H2,1H3,(H,31,32)/t19-/m0/s1. The van der Waals surface area contributed by atoms with E-state index in [0.29, 0.717) is 18.2 Å². The van der Waals surface area contributed by atoms with E-state index < -0.39 is 5.97 Å². The van der Waals surface area contributed by atoms with Gasteiger partial charge in [-0.3, -0.25) is 4.79 Å². The summed E-state index contributed by atoms with van der Waals surface area (Å²) in [6, 6.07) is 17.8. The SMILES string of the molecule is CN(CCCOc1ccc2c(c1)CC[C@H]2CC(=O)O)c1ccnc(-c2cc3ccccc3o2)n1. The van der Waals surface area contributed by atoms with Gasteiger partial charge in [-0.1, -0.05) is 24.3 Å². The molecule has 0 unspecified atom stereocenters. The minimum atomic E-state index is -0.740. The second-order valence-corrected chi connectivity index (χ2v) is 8.70. The quantitative estimate of drug-likeness (QED) is 0.341. The normalized spacial score (nSPS) is 14.8. The zero-order chi connectivity index (χ0) is 23.5. The van der Waals surface area contributed by atoms with Crippen LogP contribution >= 0.6 is 0 Å². The number of carboxylic acid groups (broad SMARTS) is 1. The Morgan fingerprint density at radius 3 is 2.94 bits per heavy atom. The lowest BCUT2D eigenvalue weighted by Crippen LogP contribution is -2.21. The number of benzene rings is 2. The van der Waals surface area contributed by atoms with Crippen molar-refractivity contribution in [3.63, 3.8) is 0 Å². The molecule has 0 aliphatic heterocycles. The predicted molar refractivity (Wildman–Crippen MR) is 130 cm³/mol. The summed E-state index contributed by atoms with van der Waals surface area (Å²) in [7, 11) is 2.00. The van der Waals surface area contributed by atoms with E-state index in [1.807, 2.05) is 55.6 Å². The zero-order valence-corrected chi connectivity index (χ0v) is 19.1. The van der Waals surface area contributed by atoms with Gasteiger partial charge in [0.1, 0.15) is 17.2 Å². The van der Waals surface area contributed by atoms with E-state index in [4.69, 9.17) is 14.3 Å². The van der Waals surface area contributed by atoms with Crippen molar-refractivity contribution in [2.75, 3.05) is 25.1 Å². The van der Waals surface area contributed by atoms with Crippen LogP contribution in [-0.2, 0) is 11.2 Å². The van der Waals surface area contributed by atoms with E-state index in [9.17, 15) is 4.79 Å². The Kier molecular flexibility index (Phi) is 6.16. The minimum absolute atomic E-state index is 0.118. The van der Waals surface area contributed by atoms with Crippen molar-refractivity contribution >= 4 is 22.8 Å². The number of carbonyl (C=O) groups is 1. The fraction of sp³-hybridized carbons (Fsp3) is 0.296. The highest BCUT2D eigenvalue weighted by Crippen LogP contribution is 2.37. The van der Waals surface area contributed by atoms with Crippen LogP contribution in [0.2, 0.25) is 0 Å². The number of para-hydroxylation sites is 1. The Morgan fingerprint density at radius 1 is 1.21 bits per heavy atom. The van der Waals surface area contributed by atoms with Gasteiger partial charge < -0.3 is 19.2 Å². The number of ether oxygens (including phenoxy) is 1. The molecule has 0 fully saturated rings. The van der Waals surface area contributed by atoms with Crippen molar-refractivity contribution in [1.82, 2.24) is 9.97 Å². The maximum Gasteiger partial charge on any atom is 0.303 e. The molecule has 34 heavy (non-hydrogen) atoms. The van der Waals surface area contributed by atoms with Gasteiger partial charge in [-0.2, -0.15) is 0 Å². The van der Waals surface area contributed by atoms with Gasteiger partial charge >= 0.3 is 5.97 Å². The number of nitrogens with zero attached hydrogens (tertiary/aromatic N) is 3. The molecule has 7 heteroatoms. The average molecular weight is 458 g/mol. The topological polar surface area (TPSA) is 88.7 Å². The highest BCUT2D eigenvalue weighted by molar-refractivity contribution is 5.81. The molecule has 7 nitrogen and oxygen atoms in total. The summed E-state index contributed by atoms with van der Waals surface area (Å²) in [5, 5.41) is 10.1. The van der Waals surface area contributed by atoms with Crippen LogP contribution in [0.25, 0.3) is 22.6 Å². The highest BCUT2D eigenvalue weighted by atomic mass is 16.5. The number of anilines is 1. The number of rotatable bonds is 9. The first-order valence-electron chi connectivity index (χ1n) is 11.6. The molecule has 0 saturated carbocycles. The molecule has 1 N–H and O–H groups in total. The first kappa shape index (κ1) is 21.9. The average Bonchev–Trinajstić information content (AvgIpc) is 3.45. The molecule has 2 aromatic heterocycles. The van der Waals surface area contributed by atoms with Crippen LogP contribution < -0.4 is 9.64 Å². The summed E-state index contributed by atoms with van der Waals surface area (Å²) in [5.74, 6) is 2.26. The van der Waals surface area contributed by atoms with Gasteiger partial charge in [-0.25, -0.2) is 9.97 Å². The third kappa shape index (κ3) is 4.73. The largest absolute Gasteiger partial charge is 0.494 e. The van der Waals surface area contributed by atoms with E-state index in [-0.39, 0.29) is 12.3 Å². The number of fused-ring (bicyclic) bond motifs is 2. The molecular formula is C27H27N3O4. The Labute approximate surface area is 198 Å². The van der Waals surface area contributed by atoms with Crippen molar-refractivity contribution in [2.24, 2.45) is 0 Å². The summed E-state index contributed by atoms with van der Waals surface area (Å²) in [5.41, 5.74) is 3.18. The Hall–Kier alpha value is -3.87. The van der Waals surface area contributed by atoms with Gasteiger partial charge in [-0.15, -0.1) is 0 Å². The van der Waals surface area contributed by atoms with Gasteiger partial charge in [0.05, 0.1) is 13.0 Å². The molecule has 5 rings (SSSR count). The number of hydrogen-bond acceptors (Lipinski definition) is 6. The molecule has 1 aliphatic rings. The number of carboxylic acids is 1. The van der Waals surface area contributed by atoms with Crippen molar-refractivity contribution in [1.29, 1.82) is 0 Å². The van der Waals surface area contributed by atoms with Crippen LogP contribution in [0.5, 0.6) is 5.75 Å². The zero-order valence-electron chi connectivity index (χ0n) is 19.1. The summed E-state index contributed by atoms with van der Waals surface area (Å²) < 4.78 is 11.9. The molecular weight excluding hydrogens is 430 g/mol. The fourth-order valence-electron chi connectivity index (χ4n) is 4.57. The molecule has 2 aromatic carbocycles. The van der Waals surface area contributed by atoms with Crippen molar-refractivity contribution in [3.8, 4) is 17.3 Å². The smallest absolute Gasteiger partial charge is 0.303 e. The highest BCUT2D eigenvalue weighted by Gasteiger charge is 2.24. The van der Waals surface area contributed by atoms with Crippen LogP contribution in [0.15, 0.2) is 65.2 Å². The first-order chi connectivity index (χ1) is 16.6. The first-order valence-corrected chi connectivity index (χ1v) is 11.6. The maximum absolute atomic E-state index is 11.1. The molecule has 4 aromatic rings. The van der Waals surface area contributed by atoms with Crippen LogP contribution in [-0.4, -0.2) is 41.2 Å². The molecule has 0 amide bonds. The molecule has 0 radical (unpaired) electrons. The van der Waals surface area contributed by atoms with Gasteiger partial charge in [0, 0.05) is 25.2 Å². The third-order valence-electron chi connectivity index (χ3n) is 6.32. The van der Waals surface area contributed by atoms with Crippen LogP contribution in [0.3, 0.4) is 0 Å². The Balaban J connectivity index is 1.15. The van der Waals surface area contributed by atoms with Crippen molar-refractivity contribution < 1.29 is 19.1 Å². The van der Waals surface area contributed by atoms with E-state index in [0.717, 1.165) is 53.9 Å². The number of furan rings is 1. The summed E-state index contributed by atoms with van der Waals surface area (Å²) in [4.78, 5) is 22.2. The number of aliphatic carboxylic acids is 1. The van der Waals surface area contributed by atoms with E-state index in [2.05, 4.69) is 20.9 Å². The Bertz CT molecular complexity index is 1280. The second kappa shape index (κ2) is 9.55. The second-order valence-electron chi connectivity index (χ2n) is 8.70. The third-order valence-corrected chi connectivity index (χ3v) is 6.32. The lowest BCUT2D eigenvalue weighted by Gasteiger charge is -2.18. The van der Waals surface area contributed by atoms with Gasteiger partial charge in [0.2, 0.25) is 0 Å². The number of aromatic nitrogens is 2. The summed E-state index contributed by atoms with van der Waals surface area (Å²) in [6.07, 6.45) is 4.58. The molecule has 2 heterocycles. The van der Waals surface area contributed by atoms with Gasteiger partial charge in [0.15, 0.2) is 11.6 Å². The molecule has 0 bridgehead atoms. The Morgan fingerprint density at radius 2 is 2.09 bits per heavy atom. The van der Waals surface area contributed by atoms with Crippen molar-refractivity contribution in [2.45, 2.75) is 31.6 Å². The molecule has 174 valence electrons. The number of hydrogen-bond donors (Lipinski definition) is 1. The lowest BCUT2D eigenvalue weighted by atomic mass is 9.98. The van der Waals surface area contributed by atoms with E-state index in [1.165, 1.54) is 5.56 Å². The van der Waals surface area contributed by atoms with E-state index >= 15 is 0 Å². The maximum atomic E-state index is 11.1. The molecule has 0 saturated heterocycles. The molecule has 1 aliphatic carbocycles. The molecule has 0 spiro atoms. The van der Waals surface area contributed by atoms with Crippen molar-refractivity contribution in [3.05, 3.63) is 71.9 Å². The fourth-order valence-corrected chi connectivity index (χ4v) is 4.57. The summed E-state index contributed by atoms with van der Waals surface area (Å²) in [6.45, 7) is 1.37. The monoisotopic (exact) mass is 457 g/mol. The van der Waals surface area contributed by atoms with Gasteiger partial charge in [-0.05, 0) is 66.6 Å². The van der Waals surface area contributed by atoms with Crippen LogP contribution in [0.1, 0.15) is 36.3 Å². The van der Waals surface area contributed by atoms with Crippen LogP contribution in [0, 0.1) is 0 Å². The van der Waals surface area contributed by atoms with Crippen LogP contribution in [0.4, 0.5) is 5.82 Å². The van der Waals surface area contributed by atoms with E-state index in [1.54, 1.807) is 6.20 Å².